The van der Waals surface area contributed by atoms with Gasteiger partial charge in [-0.3, -0.25) is 15.2 Å². The molecule has 2 aliphatic heterocycles. The number of carbonyl (C=O) groups is 1. The number of aromatic nitrogens is 3. The van der Waals surface area contributed by atoms with Gasteiger partial charge in [-0.15, -0.1) is 0 Å². The molecule has 0 spiro atoms. The smallest absolute Gasteiger partial charge is 0.243 e. The molecule has 0 aliphatic carbocycles. The third kappa shape index (κ3) is 2.15. The summed E-state index contributed by atoms with van der Waals surface area (Å²) in [6, 6.07) is -0.119. The molecule has 6 heteroatoms. The normalized spacial score (nSPS) is 24.7. The Morgan fingerprint density at radius 2 is 2.22 bits per heavy atom. The molecular weight excluding hydrogens is 230 g/mol. The van der Waals surface area contributed by atoms with Gasteiger partial charge in [0.25, 0.3) is 0 Å². The van der Waals surface area contributed by atoms with Gasteiger partial charge in [0.15, 0.2) is 0 Å². The number of H-pyrrole nitrogens is 1. The molecule has 3 heterocycles. The number of aromatic amines is 1. The Labute approximate surface area is 105 Å². The highest BCUT2D eigenvalue weighted by atomic mass is 16.2. The predicted octanol–water partition coefficient (Wildman–Crippen LogP) is 0.0387. The van der Waals surface area contributed by atoms with Crippen molar-refractivity contribution in [2.75, 3.05) is 19.6 Å². The van der Waals surface area contributed by atoms with Crippen molar-refractivity contribution < 1.29 is 4.79 Å². The SMILES string of the molecule is O=C(C1C=CCN1)N1CCC(c2ncn[nH]2)CC1. The zero-order valence-electron chi connectivity index (χ0n) is 10.2. The third-order valence-corrected chi connectivity index (χ3v) is 3.68. The summed E-state index contributed by atoms with van der Waals surface area (Å²) in [6.07, 6.45) is 7.41. The van der Waals surface area contributed by atoms with Crippen molar-refractivity contribution in [2.24, 2.45) is 0 Å². The van der Waals surface area contributed by atoms with Gasteiger partial charge < -0.3 is 4.90 Å². The van der Waals surface area contributed by atoms with Crippen LogP contribution < -0.4 is 5.32 Å². The van der Waals surface area contributed by atoms with Gasteiger partial charge in [0.2, 0.25) is 5.91 Å². The zero-order valence-corrected chi connectivity index (χ0v) is 10.2. The maximum Gasteiger partial charge on any atom is 0.243 e. The first-order valence-corrected chi connectivity index (χ1v) is 6.38. The minimum absolute atomic E-state index is 0.119. The molecule has 18 heavy (non-hydrogen) atoms. The molecular formula is C12H17N5O. The lowest BCUT2D eigenvalue weighted by Gasteiger charge is -2.32. The summed E-state index contributed by atoms with van der Waals surface area (Å²) < 4.78 is 0. The zero-order chi connectivity index (χ0) is 12.4. The lowest BCUT2D eigenvalue weighted by atomic mass is 9.96. The lowest BCUT2D eigenvalue weighted by molar-refractivity contribution is -0.133. The molecule has 3 rings (SSSR count). The summed E-state index contributed by atoms with van der Waals surface area (Å²) in [4.78, 5) is 18.3. The molecule has 2 N–H and O–H groups in total. The van der Waals surface area contributed by atoms with Crippen molar-refractivity contribution in [3.05, 3.63) is 24.3 Å². The van der Waals surface area contributed by atoms with Gasteiger partial charge in [-0.2, -0.15) is 5.10 Å². The molecule has 0 aromatic carbocycles. The molecule has 2 aliphatic rings. The fraction of sp³-hybridized carbons (Fsp3) is 0.583. The quantitative estimate of drug-likeness (QED) is 0.724. The van der Waals surface area contributed by atoms with E-state index < -0.39 is 0 Å². The molecule has 0 bridgehead atoms. The highest BCUT2D eigenvalue weighted by Gasteiger charge is 2.29. The first-order valence-electron chi connectivity index (χ1n) is 6.38. The standard InChI is InChI=1S/C12H17N5O/c18-12(10-2-1-5-13-10)17-6-3-9(4-7-17)11-14-8-15-16-11/h1-2,8-10,13H,3-7H2,(H,14,15,16). The van der Waals surface area contributed by atoms with Crippen molar-refractivity contribution in [1.29, 1.82) is 0 Å². The van der Waals surface area contributed by atoms with E-state index in [9.17, 15) is 4.79 Å². The number of piperidine rings is 1. The van der Waals surface area contributed by atoms with Crippen molar-refractivity contribution in [2.45, 2.75) is 24.8 Å². The van der Waals surface area contributed by atoms with Crippen LogP contribution in [0.25, 0.3) is 0 Å². The lowest BCUT2D eigenvalue weighted by Crippen LogP contribution is -2.46. The van der Waals surface area contributed by atoms with E-state index in [2.05, 4.69) is 20.5 Å². The van der Waals surface area contributed by atoms with Gasteiger partial charge in [-0.05, 0) is 12.8 Å². The average molecular weight is 247 g/mol. The molecule has 6 nitrogen and oxygen atoms in total. The van der Waals surface area contributed by atoms with E-state index in [1.807, 2.05) is 17.1 Å². The summed E-state index contributed by atoms with van der Waals surface area (Å²) in [5.41, 5.74) is 0. The van der Waals surface area contributed by atoms with Crippen molar-refractivity contribution in [3.63, 3.8) is 0 Å². The van der Waals surface area contributed by atoms with E-state index in [1.54, 1.807) is 6.33 Å². The second-order valence-electron chi connectivity index (χ2n) is 4.78. The highest BCUT2D eigenvalue weighted by Crippen LogP contribution is 2.25. The fourth-order valence-corrected chi connectivity index (χ4v) is 2.62. The van der Waals surface area contributed by atoms with Crippen LogP contribution in [0.5, 0.6) is 0 Å². The van der Waals surface area contributed by atoms with Crippen LogP contribution in [0, 0.1) is 0 Å². The Hall–Kier alpha value is -1.69. The number of nitrogens with zero attached hydrogens (tertiary/aromatic N) is 3. The van der Waals surface area contributed by atoms with Gasteiger partial charge in [0, 0.05) is 25.6 Å². The van der Waals surface area contributed by atoms with Gasteiger partial charge >= 0.3 is 0 Å². The van der Waals surface area contributed by atoms with Crippen LogP contribution in [-0.4, -0.2) is 51.7 Å². The van der Waals surface area contributed by atoms with Crippen LogP contribution in [0.4, 0.5) is 0 Å². The minimum Gasteiger partial charge on any atom is -0.341 e. The largest absolute Gasteiger partial charge is 0.341 e. The van der Waals surface area contributed by atoms with E-state index >= 15 is 0 Å². The van der Waals surface area contributed by atoms with Crippen molar-refractivity contribution in [1.82, 2.24) is 25.4 Å². The average Bonchev–Trinajstić information content (AvgIpc) is 3.11. The summed E-state index contributed by atoms with van der Waals surface area (Å²) in [5, 5.41) is 9.96. The van der Waals surface area contributed by atoms with E-state index in [-0.39, 0.29) is 11.9 Å². The topological polar surface area (TPSA) is 73.9 Å². The Bertz CT molecular complexity index is 433. The van der Waals surface area contributed by atoms with Crippen LogP contribution in [0.3, 0.4) is 0 Å². The van der Waals surface area contributed by atoms with Crippen LogP contribution in [0.1, 0.15) is 24.6 Å². The molecule has 1 amide bonds. The number of rotatable bonds is 2. The van der Waals surface area contributed by atoms with Crippen LogP contribution >= 0.6 is 0 Å². The Kier molecular flexibility index (Phi) is 3.10. The van der Waals surface area contributed by atoms with Gasteiger partial charge in [0.05, 0.1) is 0 Å². The number of nitrogens with one attached hydrogen (secondary N) is 2. The van der Waals surface area contributed by atoms with E-state index in [0.717, 1.165) is 38.3 Å². The molecule has 0 saturated carbocycles. The van der Waals surface area contributed by atoms with Gasteiger partial charge in [-0.1, -0.05) is 12.2 Å². The van der Waals surface area contributed by atoms with E-state index in [4.69, 9.17) is 0 Å². The monoisotopic (exact) mass is 247 g/mol. The number of hydrogen-bond donors (Lipinski definition) is 2. The molecule has 1 fully saturated rings. The Balaban J connectivity index is 1.56. The summed E-state index contributed by atoms with van der Waals surface area (Å²) in [5.74, 6) is 1.55. The molecule has 1 saturated heterocycles. The van der Waals surface area contributed by atoms with Gasteiger partial charge in [-0.25, -0.2) is 4.98 Å². The molecule has 1 atom stereocenters. The first kappa shape index (κ1) is 11.4. The Morgan fingerprint density at radius 1 is 1.39 bits per heavy atom. The summed E-state index contributed by atoms with van der Waals surface area (Å²) >= 11 is 0. The fourth-order valence-electron chi connectivity index (χ4n) is 2.62. The molecule has 1 aromatic rings. The maximum absolute atomic E-state index is 12.2. The second-order valence-corrected chi connectivity index (χ2v) is 4.78. The van der Waals surface area contributed by atoms with E-state index in [0.29, 0.717) is 5.92 Å². The highest BCUT2D eigenvalue weighted by molar-refractivity contribution is 5.84. The van der Waals surface area contributed by atoms with Crippen molar-refractivity contribution >= 4 is 5.91 Å². The number of amides is 1. The minimum atomic E-state index is -0.119. The van der Waals surface area contributed by atoms with Crippen LogP contribution in [-0.2, 0) is 4.79 Å². The second kappa shape index (κ2) is 4.89. The maximum atomic E-state index is 12.2. The Morgan fingerprint density at radius 3 is 2.83 bits per heavy atom. The van der Waals surface area contributed by atoms with E-state index in [1.165, 1.54) is 0 Å². The van der Waals surface area contributed by atoms with Crippen LogP contribution in [0.2, 0.25) is 0 Å². The number of likely N-dealkylation sites (tertiary alicyclic amines) is 1. The summed E-state index contributed by atoms with van der Waals surface area (Å²) in [7, 11) is 0. The van der Waals surface area contributed by atoms with Crippen molar-refractivity contribution in [3.8, 4) is 0 Å². The van der Waals surface area contributed by atoms with Crippen LogP contribution in [0.15, 0.2) is 18.5 Å². The predicted molar refractivity (Wildman–Crippen MR) is 65.9 cm³/mol. The first-order chi connectivity index (χ1) is 8.84. The molecule has 0 radical (unpaired) electrons. The molecule has 1 aromatic heterocycles. The number of carbonyl (C=O) groups excluding carboxylic acids is 1. The van der Waals surface area contributed by atoms with Gasteiger partial charge in [0.1, 0.15) is 18.2 Å². The summed E-state index contributed by atoms with van der Waals surface area (Å²) in [6.45, 7) is 2.40. The molecule has 96 valence electrons. The molecule has 1 unspecified atom stereocenters. The third-order valence-electron chi connectivity index (χ3n) is 3.68. The number of hydrogen-bond acceptors (Lipinski definition) is 4.